The standard InChI is InChI=1S/C30H48O/c1-19(2)20-11-14-27(5)17-18-29(7)21(25(20)27)9-10-23-28(6)15-13-24(31)26(3,4)22(28)12-16-30(23,29)8/h20-23,25H,1,9-18H2,2-8H3/t20-,21-,22+,23-,25-,27-,28+,29-,30-/m1/s1. The van der Waals surface area contributed by atoms with E-state index in [0.717, 1.165) is 36.5 Å². The Morgan fingerprint density at radius 2 is 1.52 bits per heavy atom. The highest BCUT2D eigenvalue weighted by Gasteiger charge is 2.70. The number of Topliss-reactive ketones (excluding diaryl/α,β-unsaturated/α-hetero) is 1. The molecule has 0 spiro atoms. The van der Waals surface area contributed by atoms with E-state index in [0.29, 0.717) is 33.4 Å². The highest BCUT2D eigenvalue weighted by atomic mass is 16.1. The lowest BCUT2D eigenvalue weighted by Gasteiger charge is -2.72. The molecule has 1 heteroatoms. The SMILES string of the molecule is C=C(C)[C@H]1CC[C@]2(C)CC[C@]3(C)[C@H](CC[C@@H]4[C@@]5(C)CCC(=O)C(C)(C)[C@@H]5CC[C@]43C)[C@@H]12. The molecular formula is C30H48O. The largest absolute Gasteiger partial charge is 0.299 e. The van der Waals surface area contributed by atoms with Crippen LogP contribution in [0.25, 0.3) is 0 Å². The first-order valence-corrected chi connectivity index (χ1v) is 13.5. The Bertz CT molecular complexity index is 807. The van der Waals surface area contributed by atoms with Crippen LogP contribution in [0.15, 0.2) is 12.2 Å². The molecule has 0 bridgehead atoms. The van der Waals surface area contributed by atoms with Crippen LogP contribution >= 0.6 is 0 Å². The van der Waals surface area contributed by atoms with Crippen molar-refractivity contribution in [3.8, 4) is 0 Å². The number of carbonyl (C=O) groups excluding carboxylic acids is 1. The Labute approximate surface area is 192 Å². The van der Waals surface area contributed by atoms with Gasteiger partial charge in [0.2, 0.25) is 0 Å². The number of rotatable bonds is 1. The van der Waals surface area contributed by atoms with Gasteiger partial charge in [-0.15, -0.1) is 0 Å². The number of fused-ring (bicyclic) bond motifs is 7. The lowest BCUT2D eigenvalue weighted by Crippen LogP contribution is -2.66. The van der Waals surface area contributed by atoms with Crippen molar-refractivity contribution in [3.05, 3.63) is 12.2 Å². The van der Waals surface area contributed by atoms with E-state index in [1.165, 1.54) is 56.9 Å². The van der Waals surface area contributed by atoms with E-state index in [1.54, 1.807) is 0 Å². The molecule has 0 heterocycles. The summed E-state index contributed by atoms with van der Waals surface area (Å²) in [5, 5.41) is 0. The molecule has 5 rings (SSSR count). The maximum atomic E-state index is 12.9. The van der Waals surface area contributed by atoms with Crippen LogP contribution in [-0.2, 0) is 4.79 Å². The fraction of sp³-hybridized carbons (Fsp3) is 0.900. The van der Waals surface area contributed by atoms with Crippen molar-refractivity contribution in [2.75, 3.05) is 0 Å². The van der Waals surface area contributed by atoms with Gasteiger partial charge in [0.15, 0.2) is 0 Å². The minimum atomic E-state index is -0.131. The van der Waals surface area contributed by atoms with Crippen LogP contribution in [0.1, 0.15) is 113 Å². The maximum Gasteiger partial charge on any atom is 0.138 e. The normalized spacial score (nSPS) is 55.6. The fourth-order valence-corrected chi connectivity index (χ4v) is 11.3. The smallest absolute Gasteiger partial charge is 0.138 e. The highest BCUT2D eigenvalue weighted by Crippen LogP contribution is 2.77. The molecule has 0 amide bonds. The van der Waals surface area contributed by atoms with Gasteiger partial charge in [0.05, 0.1) is 0 Å². The molecule has 5 aliphatic rings. The van der Waals surface area contributed by atoms with E-state index in [-0.39, 0.29) is 5.41 Å². The number of hydrogen-bond acceptors (Lipinski definition) is 1. The Morgan fingerprint density at radius 1 is 0.806 bits per heavy atom. The summed E-state index contributed by atoms with van der Waals surface area (Å²) in [5.41, 5.74) is 3.06. The van der Waals surface area contributed by atoms with Crippen molar-refractivity contribution in [1.82, 2.24) is 0 Å². The lowest BCUT2D eigenvalue weighted by atomic mass is 9.32. The Kier molecular flexibility index (Phi) is 4.66. The molecule has 0 aromatic rings. The molecule has 0 unspecified atom stereocenters. The molecule has 174 valence electrons. The van der Waals surface area contributed by atoms with Crippen LogP contribution in [-0.4, -0.2) is 5.78 Å². The van der Waals surface area contributed by atoms with Crippen molar-refractivity contribution in [3.63, 3.8) is 0 Å². The summed E-state index contributed by atoms with van der Waals surface area (Å²) in [6.07, 6.45) is 13.0. The average Bonchev–Trinajstić information content (AvgIpc) is 3.04. The van der Waals surface area contributed by atoms with Crippen molar-refractivity contribution in [2.24, 2.45) is 56.7 Å². The molecule has 0 saturated heterocycles. The van der Waals surface area contributed by atoms with E-state index < -0.39 is 0 Å². The second-order valence-corrected chi connectivity index (χ2v) is 14.5. The van der Waals surface area contributed by atoms with Crippen LogP contribution in [0.4, 0.5) is 0 Å². The van der Waals surface area contributed by atoms with Gasteiger partial charge in [0, 0.05) is 11.8 Å². The lowest BCUT2D eigenvalue weighted by molar-refractivity contribution is -0.232. The maximum absolute atomic E-state index is 12.9. The predicted octanol–water partition coefficient (Wildman–Crippen LogP) is 8.23. The molecule has 5 saturated carbocycles. The van der Waals surface area contributed by atoms with E-state index in [9.17, 15) is 4.79 Å². The third kappa shape index (κ3) is 2.59. The van der Waals surface area contributed by atoms with Crippen LogP contribution in [0, 0.1) is 56.7 Å². The van der Waals surface area contributed by atoms with Gasteiger partial charge in [-0.25, -0.2) is 0 Å². The highest BCUT2D eigenvalue weighted by molar-refractivity contribution is 5.85. The molecule has 0 aromatic carbocycles. The monoisotopic (exact) mass is 424 g/mol. The van der Waals surface area contributed by atoms with Crippen LogP contribution in [0.3, 0.4) is 0 Å². The van der Waals surface area contributed by atoms with Crippen LogP contribution < -0.4 is 0 Å². The van der Waals surface area contributed by atoms with Crippen LogP contribution in [0.2, 0.25) is 0 Å². The first-order chi connectivity index (χ1) is 14.3. The minimum absolute atomic E-state index is 0.131. The van der Waals surface area contributed by atoms with Gasteiger partial charge in [0.25, 0.3) is 0 Å². The van der Waals surface area contributed by atoms with Gasteiger partial charge in [0.1, 0.15) is 5.78 Å². The van der Waals surface area contributed by atoms with Crippen molar-refractivity contribution >= 4 is 5.78 Å². The first-order valence-electron chi connectivity index (χ1n) is 13.5. The molecule has 0 N–H and O–H groups in total. The number of carbonyl (C=O) groups is 1. The van der Waals surface area contributed by atoms with E-state index in [4.69, 9.17) is 0 Å². The molecule has 1 nitrogen and oxygen atoms in total. The molecule has 0 aliphatic heterocycles. The summed E-state index contributed by atoms with van der Waals surface area (Å²) in [7, 11) is 0. The number of hydrogen-bond donors (Lipinski definition) is 0. The molecular weight excluding hydrogens is 376 g/mol. The van der Waals surface area contributed by atoms with Crippen molar-refractivity contribution in [1.29, 1.82) is 0 Å². The van der Waals surface area contributed by atoms with Crippen molar-refractivity contribution < 1.29 is 4.79 Å². The molecule has 5 fully saturated rings. The summed E-state index contributed by atoms with van der Waals surface area (Å²) >= 11 is 0. The Hall–Kier alpha value is -0.590. The van der Waals surface area contributed by atoms with Crippen molar-refractivity contribution in [2.45, 2.75) is 113 Å². The summed E-state index contributed by atoms with van der Waals surface area (Å²) < 4.78 is 0. The summed E-state index contributed by atoms with van der Waals surface area (Å²) in [6.45, 7) is 22.0. The second-order valence-electron chi connectivity index (χ2n) is 14.5. The van der Waals surface area contributed by atoms with Gasteiger partial charge < -0.3 is 0 Å². The van der Waals surface area contributed by atoms with Gasteiger partial charge in [-0.1, -0.05) is 53.7 Å². The Morgan fingerprint density at radius 3 is 2.19 bits per heavy atom. The third-order valence-corrected chi connectivity index (χ3v) is 13.2. The van der Waals surface area contributed by atoms with E-state index in [1.807, 2.05) is 0 Å². The van der Waals surface area contributed by atoms with E-state index in [2.05, 4.69) is 55.0 Å². The molecule has 0 aromatic heterocycles. The number of ketones is 1. The quantitative estimate of drug-likeness (QED) is 0.387. The van der Waals surface area contributed by atoms with Gasteiger partial charge in [-0.2, -0.15) is 0 Å². The van der Waals surface area contributed by atoms with Crippen LogP contribution in [0.5, 0.6) is 0 Å². The minimum Gasteiger partial charge on any atom is -0.299 e. The Balaban J connectivity index is 1.55. The summed E-state index contributed by atoms with van der Waals surface area (Å²) in [4.78, 5) is 12.9. The van der Waals surface area contributed by atoms with Gasteiger partial charge in [-0.05, 0) is 116 Å². The molecule has 5 aliphatic carbocycles. The first kappa shape index (κ1) is 22.2. The summed E-state index contributed by atoms with van der Waals surface area (Å²) in [5.74, 6) is 4.33. The zero-order valence-electron chi connectivity index (χ0n) is 21.6. The average molecular weight is 425 g/mol. The van der Waals surface area contributed by atoms with Gasteiger partial charge >= 0.3 is 0 Å². The zero-order valence-corrected chi connectivity index (χ0v) is 21.6. The fourth-order valence-electron chi connectivity index (χ4n) is 11.3. The molecule has 31 heavy (non-hydrogen) atoms. The van der Waals surface area contributed by atoms with Gasteiger partial charge in [-0.3, -0.25) is 4.79 Å². The zero-order chi connectivity index (χ0) is 22.6. The molecule has 9 atom stereocenters. The number of allylic oxidation sites excluding steroid dienone is 1. The molecule has 0 radical (unpaired) electrons. The second kappa shape index (κ2) is 6.50. The summed E-state index contributed by atoms with van der Waals surface area (Å²) in [6, 6.07) is 0. The topological polar surface area (TPSA) is 17.1 Å². The van der Waals surface area contributed by atoms with E-state index >= 15 is 0 Å². The third-order valence-electron chi connectivity index (χ3n) is 13.2. The predicted molar refractivity (Wildman–Crippen MR) is 130 cm³/mol.